The number of carboxylic acid groups (broad SMARTS) is 1. The molecule has 2 fully saturated rings. The molecule has 1 atom stereocenters. The smallest absolute Gasteiger partial charge is 0.329 e. The summed E-state index contributed by atoms with van der Waals surface area (Å²) in [5, 5.41) is 8.61. The van der Waals surface area contributed by atoms with Gasteiger partial charge in [-0.1, -0.05) is 0 Å². The van der Waals surface area contributed by atoms with Crippen molar-refractivity contribution in [2.75, 3.05) is 26.2 Å². The Labute approximate surface area is 123 Å². The predicted octanol–water partition coefficient (Wildman–Crippen LogP) is -0.0546. The topological polar surface area (TPSA) is 87.2 Å². The molecule has 1 N–H and O–H groups in total. The van der Waals surface area contributed by atoms with Crippen molar-refractivity contribution in [3.8, 4) is 0 Å². The number of amides is 2. The van der Waals surface area contributed by atoms with Gasteiger partial charge in [-0.05, 0) is 20.8 Å². The summed E-state index contributed by atoms with van der Waals surface area (Å²) in [4.78, 5) is 38.0. The van der Waals surface area contributed by atoms with Crippen LogP contribution < -0.4 is 0 Å². The molecule has 7 heteroatoms. The lowest BCUT2D eigenvalue weighted by Gasteiger charge is -2.48. The maximum atomic E-state index is 12.3. The van der Waals surface area contributed by atoms with Gasteiger partial charge in [0, 0.05) is 19.0 Å². The fourth-order valence-electron chi connectivity index (χ4n) is 2.90. The number of carbonyl (C=O) groups excluding carboxylic acids is 2. The van der Waals surface area contributed by atoms with Crippen molar-refractivity contribution in [2.24, 2.45) is 5.92 Å². The number of rotatable bonds is 5. The third kappa shape index (κ3) is 3.34. The quantitative estimate of drug-likeness (QED) is 0.768. The zero-order valence-corrected chi connectivity index (χ0v) is 12.7. The van der Waals surface area contributed by atoms with Crippen molar-refractivity contribution in [1.82, 2.24) is 9.80 Å². The molecular formula is C14H22N2O5. The van der Waals surface area contributed by atoms with E-state index in [1.165, 1.54) is 0 Å². The molecule has 0 aromatic carbocycles. The molecule has 0 aromatic heterocycles. The molecule has 2 aliphatic heterocycles. The molecule has 0 bridgehead atoms. The van der Waals surface area contributed by atoms with Crippen LogP contribution in [-0.4, -0.2) is 70.6 Å². The van der Waals surface area contributed by atoms with E-state index in [0.717, 1.165) is 0 Å². The Balaban J connectivity index is 1.84. The highest BCUT2D eigenvalue weighted by atomic mass is 16.5. The van der Waals surface area contributed by atoms with E-state index in [1.54, 1.807) is 16.7 Å². The summed E-state index contributed by atoms with van der Waals surface area (Å²) < 4.78 is 5.28. The number of nitrogens with zero attached hydrogens (tertiary/aromatic N) is 2. The number of carboxylic acids is 1. The molecule has 7 nitrogen and oxygen atoms in total. The molecule has 0 saturated carbocycles. The lowest BCUT2D eigenvalue weighted by Crippen LogP contribution is -2.64. The van der Waals surface area contributed by atoms with E-state index in [9.17, 15) is 14.4 Å². The summed E-state index contributed by atoms with van der Waals surface area (Å²) in [5.74, 6) is -1.32. The monoisotopic (exact) mass is 298 g/mol. The lowest BCUT2D eigenvalue weighted by atomic mass is 9.93. The maximum Gasteiger partial charge on any atom is 0.329 e. The molecule has 2 aliphatic rings. The Morgan fingerprint density at radius 1 is 1.43 bits per heavy atom. The molecule has 1 unspecified atom stereocenters. The second kappa shape index (κ2) is 5.63. The first-order valence-electron chi connectivity index (χ1n) is 7.16. The van der Waals surface area contributed by atoms with Crippen molar-refractivity contribution in [3.63, 3.8) is 0 Å². The molecule has 2 rings (SSSR count). The number of carbonyl (C=O) groups is 3. The first-order chi connectivity index (χ1) is 9.72. The van der Waals surface area contributed by atoms with Crippen LogP contribution in [0.15, 0.2) is 0 Å². The number of aliphatic carboxylic acids is 1. The van der Waals surface area contributed by atoms with Gasteiger partial charge in [-0.2, -0.15) is 0 Å². The number of hydrogen-bond donors (Lipinski definition) is 1. The molecule has 21 heavy (non-hydrogen) atoms. The van der Waals surface area contributed by atoms with E-state index in [2.05, 4.69) is 0 Å². The SMILES string of the molecule is CC(C)N1CC(C(=O)N2CC(C)(OCC(=O)O)C2)CC1=O. The molecule has 2 saturated heterocycles. The van der Waals surface area contributed by atoms with Gasteiger partial charge in [-0.25, -0.2) is 4.79 Å². The highest BCUT2D eigenvalue weighted by Crippen LogP contribution is 2.29. The minimum atomic E-state index is -1.02. The summed E-state index contributed by atoms with van der Waals surface area (Å²) in [6.07, 6.45) is 0.264. The lowest BCUT2D eigenvalue weighted by molar-refractivity contribution is -0.175. The van der Waals surface area contributed by atoms with Crippen LogP contribution >= 0.6 is 0 Å². The highest BCUT2D eigenvalue weighted by molar-refractivity contribution is 5.89. The van der Waals surface area contributed by atoms with Crippen LogP contribution in [0.1, 0.15) is 27.2 Å². The minimum absolute atomic E-state index is 0.0220. The summed E-state index contributed by atoms with van der Waals surface area (Å²) in [7, 11) is 0. The van der Waals surface area contributed by atoms with Gasteiger partial charge < -0.3 is 19.6 Å². The molecule has 0 spiro atoms. The summed E-state index contributed by atoms with van der Waals surface area (Å²) in [5.41, 5.74) is -0.589. The Bertz CT molecular complexity index is 456. The number of ether oxygens (including phenoxy) is 1. The second-order valence-electron chi connectivity index (χ2n) is 6.37. The van der Waals surface area contributed by atoms with Gasteiger partial charge in [0.25, 0.3) is 0 Å². The van der Waals surface area contributed by atoms with Crippen LogP contribution in [-0.2, 0) is 19.1 Å². The average molecular weight is 298 g/mol. The number of hydrogen-bond acceptors (Lipinski definition) is 4. The molecule has 0 aromatic rings. The van der Waals surface area contributed by atoms with Gasteiger partial charge >= 0.3 is 5.97 Å². The van der Waals surface area contributed by atoms with Gasteiger partial charge in [0.05, 0.1) is 19.0 Å². The van der Waals surface area contributed by atoms with Crippen molar-refractivity contribution < 1.29 is 24.2 Å². The van der Waals surface area contributed by atoms with Gasteiger partial charge in [0.1, 0.15) is 12.2 Å². The average Bonchev–Trinajstić information content (AvgIpc) is 2.74. The van der Waals surface area contributed by atoms with Crippen molar-refractivity contribution in [3.05, 3.63) is 0 Å². The van der Waals surface area contributed by atoms with Gasteiger partial charge in [-0.15, -0.1) is 0 Å². The zero-order valence-electron chi connectivity index (χ0n) is 12.7. The van der Waals surface area contributed by atoms with Crippen molar-refractivity contribution in [1.29, 1.82) is 0 Å². The molecule has 0 aliphatic carbocycles. The Morgan fingerprint density at radius 3 is 2.52 bits per heavy atom. The van der Waals surface area contributed by atoms with E-state index in [0.29, 0.717) is 19.6 Å². The van der Waals surface area contributed by atoms with E-state index in [1.807, 2.05) is 13.8 Å². The van der Waals surface area contributed by atoms with Crippen LogP contribution in [0, 0.1) is 5.92 Å². The first kappa shape index (κ1) is 15.8. The molecule has 118 valence electrons. The summed E-state index contributed by atoms with van der Waals surface area (Å²) >= 11 is 0. The van der Waals surface area contributed by atoms with Crippen LogP contribution in [0.25, 0.3) is 0 Å². The van der Waals surface area contributed by atoms with E-state index in [-0.39, 0.29) is 36.8 Å². The van der Waals surface area contributed by atoms with E-state index in [4.69, 9.17) is 9.84 Å². The third-order valence-electron chi connectivity index (χ3n) is 4.04. The first-order valence-corrected chi connectivity index (χ1v) is 7.16. The van der Waals surface area contributed by atoms with E-state index < -0.39 is 11.6 Å². The fraction of sp³-hybridized carbons (Fsp3) is 0.786. The molecular weight excluding hydrogens is 276 g/mol. The third-order valence-corrected chi connectivity index (χ3v) is 4.04. The molecule has 2 amide bonds. The van der Waals surface area contributed by atoms with Crippen LogP contribution in [0.5, 0.6) is 0 Å². The highest BCUT2D eigenvalue weighted by Gasteiger charge is 2.46. The summed E-state index contributed by atoms with van der Waals surface area (Å²) in [6, 6.07) is 0.107. The van der Waals surface area contributed by atoms with Crippen LogP contribution in [0.2, 0.25) is 0 Å². The molecule has 2 heterocycles. The standard InChI is InChI=1S/C14H22N2O5/c1-9(2)16-5-10(4-11(16)17)13(20)15-7-14(3,8-15)21-6-12(18)19/h9-10H,4-8H2,1-3H3,(H,18,19). The van der Waals surface area contributed by atoms with Gasteiger partial charge in [0.2, 0.25) is 11.8 Å². The van der Waals surface area contributed by atoms with Crippen molar-refractivity contribution >= 4 is 17.8 Å². The van der Waals surface area contributed by atoms with Crippen LogP contribution in [0.3, 0.4) is 0 Å². The fourth-order valence-corrected chi connectivity index (χ4v) is 2.90. The Morgan fingerprint density at radius 2 is 2.05 bits per heavy atom. The number of likely N-dealkylation sites (tertiary alicyclic amines) is 2. The minimum Gasteiger partial charge on any atom is -0.480 e. The predicted molar refractivity (Wildman–Crippen MR) is 73.5 cm³/mol. The largest absolute Gasteiger partial charge is 0.480 e. The van der Waals surface area contributed by atoms with Gasteiger partial charge in [0.15, 0.2) is 0 Å². The maximum absolute atomic E-state index is 12.3. The van der Waals surface area contributed by atoms with Crippen molar-refractivity contribution in [2.45, 2.75) is 38.8 Å². The Kier molecular flexibility index (Phi) is 4.22. The zero-order chi connectivity index (χ0) is 15.8. The molecule has 0 radical (unpaired) electrons. The Hall–Kier alpha value is -1.63. The normalized spacial score (nSPS) is 24.4. The van der Waals surface area contributed by atoms with Crippen LogP contribution in [0.4, 0.5) is 0 Å². The second-order valence-corrected chi connectivity index (χ2v) is 6.37. The van der Waals surface area contributed by atoms with Gasteiger partial charge in [-0.3, -0.25) is 9.59 Å². The van der Waals surface area contributed by atoms with E-state index >= 15 is 0 Å². The summed E-state index contributed by atoms with van der Waals surface area (Å²) in [6.45, 7) is 6.54.